The fraction of sp³-hybridized carbons (Fsp3) is 0.615. The van der Waals surface area contributed by atoms with Crippen LogP contribution in [0.3, 0.4) is 0 Å². The molecule has 0 bridgehead atoms. The van der Waals surface area contributed by atoms with E-state index >= 15 is 0 Å². The number of hydrogen-bond donors (Lipinski definition) is 2. The lowest BCUT2D eigenvalue weighted by atomic mass is 10.2. The van der Waals surface area contributed by atoms with Crippen LogP contribution in [0.25, 0.3) is 0 Å². The fourth-order valence-electron chi connectivity index (χ4n) is 1.79. The van der Waals surface area contributed by atoms with Gasteiger partial charge in [-0.1, -0.05) is 13.8 Å². The number of anilines is 2. The van der Waals surface area contributed by atoms with Crippen LogP contribution in [0.5, 0.6) is 0 Å². The number of nitrogens with two attached hydrogens (primary N) is 2. The molecule has 112 valence electrons. The molecule has 0 spiro atoms. The molecule has 0 aromatic carbocycles. The van der Waals surface area contributed by atoms with Crippen molar-refractivity contribution >= 4 is 17.5 Å². The molecular formula is C13H23N5O2. The van der Waals surface area contributed by atoms with Crippen molar-refractivity contribution in [2.45, 2.75) is 27.4 Å². The predicted octanol–water partition coefficient (Wildman–Crippen LogP) is 0.543. The van der Waals surface area contributed by atoms with Crippen LogP contribution in [0, 0.1) is 5.92 Å². The molecule has 7 nitrogen and oxygen atoms in total. The first kappa shape index (κ1) is 16.2. The molecule has 0 saturated heterocycles. The molecule has 0 aliphatic carbocycles. The summed E-state index contributed by atoms with van der Waals surface area (Å²) in [5.74, 6) is 1.40. The van der Waals surface area contributed by atoms with E-state index in [1.54, 1.807) is 11.0 Å². The molecule has 0 radical (unpaired) electrons. The van der Waals surface area contributed by atoms with E-state index < -0.39 is 5.91 Å². The molecule has 1 rings (SSSR count). The Morgan fingerprint density at radius 1 is 1.45 bits per heavy atom. The van der Waals surface area contributed by atoms with Crippen molar-refractivity contribution in [2.75, 3.05) is 30.3 Å². The van der Waals surface area contributed by atoms with E-state index in [-0.39, 0.29) is 6.54 Å². The largest absolute Gasteiger partial charge is 0.384 e. The zero-order valence-electron chi connectivity index (χ0n) is 12.3. The maximum absolute atomic E-state index is 11.2. The van der Waals surface area contributed by atoms with Crippen molar-refractivity contribution in [3.8, 4) is 0 Å². The lowest BCUT2D eigenvalue weighted by Gasteiger charge is -2.24. The van der Waals surface area contributed by atoms with Gasteiger partial charge in [-0.3, -0.25) is 4.79 Å². The second-order valence-electron chi connectivity index (χ2n) is 4.95. The summed E-state index contributed by atoms with van der Waals surface area (Å²) < 4.78 is 5.28. The van der Waals surface area contributed by atoms with Crippen molar-refractivity contribution < 1.29 is 9.53 Å². The molecular weight excluding hydrogens is 258 g/mol. The van der Waals surface area contributed by atoms with Crippen molar-refractivity contribution in [1.82, 2.24) is 9.97 Å². The van der Waals surface area contributed by atoms with Gasteiger partial charge in [-0.25, -0.2) is 9.97 Å². The molecule has 4 N–H and O–H groups in total. The minimum Gasteiger partial charge on any atom is -0.384 e. The lowest BCUT2D eigenvalue weighted by molar-refractivity contribution is -0.116. The Balaban J connectivity index is 2.98. The number of hydrogen-bond acceptors (Lipinski definition) is 6. The van der Waals surface area contributed by atoms with Crippen LogP contribution in [0.1, 0.15) is 26.6 Å². The van der Waals surface area contributed by atoms with Gasteiger partial charge in [0.2, 0.25) is 5.91 Å². The Kier molecular flexibility index (Phi) is 6.17. The van der Waals surface area contributed by atoms with Crippen molar-refractivity contribution in [2.24, 2.45) is 11.7 Å². The highest BCUT2D eigenvalue weighted by Gasteiger charge is 2.14. The van der Waals surface area contributed by atoms with E-state index in [0.29, 0.717) is 43.1 Å². The van der Waals surface area contributed by atoms with Crippen LogP contribution < -0.4 is 16.4 Å². The van der Waals surface area contributed by atoms with E-state index in [4.69, 9.17) is 16.2 Å². The molecule has 0 aliphatic rings. The van der Waals surface area contributed by atoms with Gasteiger partial charge >= 0.3 is 0 Å². The van der Waals surface area contributed by atoms with Gasteiger partial charge in [-0.15, -0.1) is 0 Å². The number of rotatable bonds is 8. The normalized spacial score (nSPS) is 10.8. The molecule has 1 amide bonds. The molecule has 1 heterocycles. The van der Waals surface area contributed by atoms with Gasteiger partial charge in [-0.05, 0) is 12.8 Å². The highest BCUT2D eigenvalue weighted by Crippen LogP contribution is 2.16. The molecule has 1 aromatic rings. The number of primary amides is 1. The van der Waals surface area contributed by atoms with E-state index in [2.05, 4.69) is 23.8 Å². The number of aromatic nitrogens is 2. The number of amides is 1. The average Bonchev–Trinajstić information content (AvgIpc) is 2.33. The summed E-state index contributed by atoms with van der Waals surface area (Å²) in [6.45, 7) is 7.63. The van der Waals surface area contributed by atoms with Crippen LogP contribution in [0.2, 0.25) is 0 Å². The quantitative estimate of drug-likeness (QED) is 0.720. The summed E-state index contributed by atoms with van der Waals surface area (Å²) in [4.78, 5) is 21.5. The van der Waals surface area contributed by atoms with Crippen LogP contribution in [-0.4, -0.2) is 35.6 Å². The van der Waals surface area contributed by atoms with Crippen molar-refractivity contribution in [3.05, 3.63) is 11.9 Å². The number of carbonyl (C=O) groups is 1. The van der Waals surface area contributed by atoms with Gasteiger partial charge in [0.1, 0.15) is 18.2 Å². The molecule has 0 atom stereocenters. The number of carbonyl (C=O) groups excluding carboxylic acids is 1. The van der Waals surface area contributed by atoms with Crippen molar-refractivity contribution in [3.63, 3.8) is 0 Å². The number of nitrogens with zero attached hydrogens (tertiary/aromatic N) is 3. The Labute approximate surface area is 119 Å². The third-order valence-electron chi connectivity index (χ3n) is 2.47. The maximum atomic E-state index is 11.2. The predicted molar refractivity (Wildman–Crippen MR) is 78.0 cm³/mol. The summed E-state index contributed by atoms with van der Waals surface area (Å²) in [6, 6.07) is 1.64. The summed E-state index contributed by atoms with van der Waals surface area (Å²) in [7, 11) is 0. The molecule has 7 heteroatoms. The van der Waals surface area contributed by atoms with Gasteiger partial charge in [0, 0.05) is 19.2 Å². The lowest BCUT2D eigenvalue weighted by Crippen LogP contribution is -2.37. The highest BCUT2D eigenvalue weighted by molar-refractivity contribution is 5.79. The number of nitrogen functional groups attached to an aromatic ring is 1. The van der Waals surface area contributed by atoms with Crippen LogP contribution in [0.4, 0.5) is 11.6 Å². The monoisotopic (exact) mass is 281 g/mol. The molecule has 20 heavy (non-hydrogen) atoms. The van der Waals surface area contributed by atoms with Crippen LogP contribution in [-0.2, 0) is 16.1 Å². The van der Waals surface area contributed by atoms with Gasteiger partial charge in [0.25, 0.3) is 0 Å². The molecule has 0 unspecified atom stereocenters. The molecule has 1 aromatic heterocycles. The SMILES string of the molecule is CCOCc1nc(N)cc(N(CC(N)=O)CC(C)C)n1. The Hall–Kier alpha value is -1.89. The van der Waals surface area contributed by atoms with E-state index in [9.17, 15) is 4.79 Å². The first-order chi connectivity index (χ1) is 9.42. The van der Waals surface area contributed by atoms with Crippen LogP contribution in [0.15, 0.2) is 6.07 Å². The standard InChI is InChI=1S/C13H23N5O2/c1-4-20-8-12-16-10(14)5-13(17-12)18(6-9(2)3)7-11(15)19/h5,9H,4,6-8H2,1-3H3,(H2,15,19)(H2,14,16,17). The number of ether oxygens (including phenoxy) is 1. The van der Waals surface area contributed by atoms with E-state index in [1.807, 2.05) is 6.92 Å². The van der Waals surface area contributed by atoms with Gasteiger partial charge in [-0.2, -0.15) is 0 Å². The summed E-state index contributed by atoms with van der Waals surface area (Å²) in [6.07, 6.45) is 0. The summed E-state index contributed by atoms with van der Waals surface area (Å²) >= 11 is 0. The van der Waals surface area contributed by atoms with Gasteiger partial charge in [0.15, 0.2) is 5.82 Å². The first-order valence-electron chi connectivity index (χ1n) is 6.66. The summed E-state index contributed by atoms with van der Waals surface area (Å²) in [5.41, 5.74) is 11.1. The third-order valence-corrected chi connectivity index (χ3v) is 2.47. The second-order valence-corrected chi connectivity index (χ2v) is 4.95. The van der Waals surface area contributed by atoms with E-state index in [1.165, 1.54) is 0 Å². The minimum atomic E-state index is -0.408. The summed E-state index contributed by atoms with van der Waals surface area (Å²) in [5, 5.41) is 0. The van der Waals surface area contributed by atoms with E-state index in [0.717, 1.165) is 0 Å². The smallest absolute Gasteiger partial charge is 0.236 e. The van der Waals surface area contributed by atoms with Crippen molar-refractivity contribution in [1.29, 1.82) is 0 Å². The first-order valence-corrected chi connectivity index (χ1v) is 6.66. The topological polar surface area (TPSA) is 107 Å². The Morgan fingerprint density at radius 2 is 2.15 bits per heavy atom. The van der Waals surface area contributed by atoms with Crippen LogP contribution >= 0.6 is 0 Å². The average molecular weight is 281 g/mol. The fourth-order valence-corrected chi connectivity index (χ4v) is 1.79. The van der Waals surface area contributed by atoms with Gasteiger partial charge in [0.05, 0.1) is 6.54 Å². The minimum absolute atomic E-state index is 0.0999. The zero-order chi connectivity index (χ0) is 15.1. The molecule has 0 aliphatic heterocycles. The second kappa shape index (κ2) is 7.64. The van der Waals surface area contributed by atoms with Gasteiger partial charge < -0.3 is 21.1 Å². The molecule has 0 saturated carbocycles. The maximum Gasteiger partial charge on any atom is 0.236 e. The third kappa shape index (κ3) is 5.40. The molecule has 0 fully saturated rings. The zero-order valence-corrected chi connectivity index (χ0v) is 12.3. The highest BCUT2D eigenvalue weighted by atomic mass is 16.5. The Bertz CT molecular complexity index is 450. The Morgan fingerprint density at radius 3 is 2.70 bits per heavy atom.